The molecule has 0 spiro atoms. The van der Waals surface area contributed by atoms with Gasteiger partial charge in [0.1, 0.15) is 12.2 Å². The molecule has 1 aliphatic heterocycles. The molecule has 138 valence electrons. The van der Waals surface area contributed by atoms with Crippen LogP contribution in [-0.2, 0) is 17.7 Å². The fourth-order valence-electron chi connectivity index (χ4n) is 2.72. The normalized spacial score (nSPS) is 19.0. The van der Waals surface area contributed by atoms with Gasteiger partial charge in [0, 0.05) is 32.7 Å². The number of rotatable bonds is 8. The summed E-state index contributed by atoms with van der Waals surface area (Å²) in [5, 5.41) is 15.0. The third-order valence-corrected chi connectivity index (χ3v) is 4.04. The Morgan fingerprint density at radius 1 is 1.50 bits per heavy atom. The van der Waals surface area contributed by atoms with Gasteiger partial charge in [0.15, 0.2) is 5.96 Å². The van der Waals surface area contributed by atoms with Crippen molar-refractivity contribution in [2.75, 3.05) is 19.7 Å². The maximum absolute atomic E-state index is 5.75. The molecule has 1 saturated heterocycles. The monoisotopic (exact) mass is 450 g/mol. The van der Waals surface area contributed by atoms with E-state index in [9.17, 15) is 0 Å². The minimum absolute atomic E-state index is 0. The summed E-state index contributed by atoms with van der Waals surface area (Å²) in [4.78, 5) is 4.61. The minimum atomic E-state index is 0. The number of aromatic nitrogens is 3. The number of nitrogens with one attached hydrogen (secondary N) is 2. The number of hydrogen-bond donors (Lipinski definition) is 2. The van der Waals surface area contributed by atoms with Gasteiger partial charge in [0.2, 0.25) is 0 Å². The van der Waals surface area contributed by atoms with E-state index in [-0.39, 0.29) is 36.1 Å². The molecule has 2 N–H and O–H groups in total. The fourth-order valence-corrected chi connectivity index (χ4v) is 2.72. The summed E-state index contributed by atoms with van der Waals surface area (Å²) in [6.45, 7) is 9.70. The van der Waals surface area contributed by atoms with E-state index in [1.54, 1.807) is 6.33 Å². The average molecular weight is 450 g/mol. The summed E-state index contributed by atoms with van der Waals surface area (Å²) in [7, 11) is 0. The zero-order chi connectivity index (χ0) is 16.5. The number of ether oxygens (including phenoxy) is 1. The van der Waals surface area contributed by atoms with Crippen molar-refractivity contribution < 1.29 is 4.74 Å². The first-order chi connectivity index (χ1) is 11.2. The molecular weight excluding hydrogens is 419 g/mol. The van der Waals surface area contributed by atoms with Crippen LogP contribution in [-0.4, -0.2) is 52.6 Å². The van der Waals surface area contributed by atoms with Crippen LogP contribution in [0.3, 0.4) is 0 Å². The molecular formula is C16H31IN6O. The predicted octanol–water partition coefficient (Wildman–Crippen LogP) is 1.97. The summed E-state index contributed by atoms with van der Waals surface area (Å²) >= 11 is 0. The van der Waals surface area contributed by atoms with Crippen LogP contribution in [0.1, 0.15) is 45.9 Å². The predicted molar refractivity (Wildman–Crippen MR) is 107 cm³/mol. The first-order valence-corrected chi connectivity index (χ1v) is 8.77. The maximum Gasteiger partial charge on any atom is 0.191 e. The molecule has 7 nitrogen and oxygen atoms in total. The molecule has 1 aromatic rings. The zero-order valence-electron chi connectivity index (χ0n) is 15.0. The highest BCUT2D eigenvalue weighted by molar-refractivity contribution is 14.0. The highest BCUT2D eigenvalue weighted by Crippen LogP contribution is 2.15. The van der Waals surface area contributed by atoms with E-state index in [4.69, 9.17) is 4.74 Å². The van der Waals surface area contributed by atoms with Gasteiger partial charge in [-0.3, -0.25) is 4.99 Å². The van der Waals surface area contributed by atoms with Crippen molar-refractivity contribution in [2.24, 2.45) is 4.99 Å². The van der Waals surface area contributed by atoms with E-state index in [2.05, 4.69) is 51.2 Å². The summed E-state index contributed by atoms with van der Waals surface area (Å²) < 4.78 is 7.83. The van der Waals surface area contributed by atoms with Crippen molar-refractivity contribution in [1.29, 1.82) is 0 Å². The molecule has 0 radical (unpaired) electrons. The van der Waals surface area contributed by atoms with Crippen molar-refractivity contribution in [3.63, 3.8) is 0 Å². The molecule has 2 atom stereocenters. The van der Waals surface area contributed by atoms with Crippen LogP contribution in [0.5, 0.6) is 0 Å². The standard InChI is InChI=1S/C16H30N6O.HI/c1-4-8-17-16(20-13(3)14-7-6-11-23-14)18-9-10-22-12-19-21-15(22)5-2;/h12-14H,4-11H2,1-3H3,(H2,17,18,20);1H. The number of guanidine groups is 1. The number of nitrogens with zero attached hydrogens (tertiary/aromatic N) is 4. The van der Waals surface area contributed by atoms with Crippen molar-refractivity contribution in [3.8, 4) is 0 Å². The SMILES string of the molecule is CCCN=C(NCCn1cnnc1CC)NC(C)C1CCCO1.I. The quantitative estimate of drug-likeness (QED) is 0.360. The fraction of sp³-hybridized carbons (Fsp3) is 0.812. The zero-order valence-corrected chi connectivity index (χ0v) is 17.3. The number of aliphatic imine (C=N–C) groups is 1. The van der Waals surface area contributed by atoms with Crippen LogP contribution < -0.4 is 10.6 Å². The molecule has 0 saturated carbocycles. The van der Waals surface area contributed by atoms with Crippen LogP contribution in [0.15, 0.2) is 11.3 Å². The minimum Gasteiger partial charge on any atom is -0.376 e. The lowest BCUT2D eigenvalue weighted by molar-refractivity contribution is 0.0890. The summed E-state index contributed by atoms with van der Waals surface area (Å²) in [6, 6.07) is 0.265. The van der Waals surface area contributed by atoms with Gasteiger partial charge >= 0.3 is 0 Å². The summed E-state index contributed by atoms with van der Waals surface area (Å²) in [5.41, 5.74) is 0. The van der Waals surface area contributed by atoms with Gasteiger partial charge in [-0.1, -0.05) is 13.8 Å². The van der Waals surface area contributed by atoms with Crippen molar-refractivity contribution in [1.82, 2.24) is 25.4 Å². The second-order valence-corrected chi connectivity index (χ2v) is 5.94. The first kappa shape index (κ1) is 21.1. The molecule has 0 bridgehead atoms. The van der Waals surface area contributed by atoms with Crippen LogP contribution in [0.4, 0.5) is 0 Å². The third-order valence-electron chi connectivity index (χ3n) is 4.04. The number of aryl methyl sites for hydroxylation is 1. The topological polar surface area (TPSA) is 76.4 Å². The molecule has 2 rings (SSSR count). The van der Waals surface area contributed by atoms with E-state index >= 15 is 0 Å². The third kappa shape index (κ3) is 6.54. The van der Waals surface area contributed by atoms with Crippen LogP contribution in [0.25, 0.3) is 0 Å². The van der Waals surface area contributed by atoms with Crippen molar-refractivity contribution in [2.45, 2.75) is 65.1 Å². The molecule has 1 fully saturated rings. The summed E-state index contributed by atoms with van der Waals surface area (Å²) in [6.07, 6.45) is 6.27. The van der Waals surface area contributed by atoms with E-state index in [0.29, 0.717) is 0 Å². The highest BCUT2D eigenvalue weighted by Gasteiger charge is 2.22. The van der Waals surface area contributed by atoms with E-state index in [0.717, 1.165) is 63.7 Å². The largest absolute Gasteiger partial charge is 0.376 e. The Balaban J connectivity index is 0.00000288. The van der Waals surface area contributed by atoms with Gasteiger partial charge in [-0.2, -0.15) is 0 Å². The smallest absolute Gasteiger partial charge is 0.191 e. The van der Waals surface area contributed by atoms with Gasteiger partial charge < -0.3 is 19.9 Å². The Morgan fingerprint density at radius 3 is 3.00 bits per heavy atom. The van der Waals surface area contributed by atoms with Gasteiger partial charge in [-0.25, -0.2) is 0 Å². The molecule has 8 heteroatoms. The van der Waals surface area contributed by atoms with Crippen molar-refractivity contribution >= 4 is 29.9 Å². The van der Waals surface area contributed by atoms with Crippen LogP contribution in [0, 0.1) is 0 Å². The molecule has 2 unspecified atom stereocenters. The lowest BCUT2D eigenvalue weighted by Gasteiger charge is -2.23. The molecule has 1 aromatic heterocycles. The maximum atomic E-state index is 5.75. The average Bonchev–Trinajstić information content (AvgIpc) is 3.23. The van der Waals surface area contributed by atoms with E-state index < -0.39 is 0 Å². The van der Waals surface area contributed by atoms with Gasteiger partial charge in [-0.05, 0) is 26.2 Å². The van der Waals surface area contributed by atoms with Crippen LogP contribution >= 0.6 is 24.0 Å². The molecule has 0 amide bonds. The lowest BCUT2D eigenvalue weighted by Crippen LogP contribution is -2.47. The van der Waals surface area contributed by atoms with Gasteiger partial charge in [-0.15, -0.1) is 34.2 Å². The molecule has 24 heavy (non-hydrogen) atoms. The Bertz CT molecular complexity index is 487. The number of halogens is 1. The van der Waals surface area contributed by atoms with E-state index in [1.807, 2.05) is 0 Å². The Kier molecular flexibility index (Phi) is 10.2. The second-order valence-electron chi connectivity index (χ2n) is 5.94. The van der Waals surface area contributed by atoms with Crippen LogP contribution in [0.2, 0.25) is 0 Å². The molecule has 1 aliphatic rings. The Labute approximate surface area is 162 Å². The summed E-state index contributed by atoms with van der Waals surface area (Å²) in [5.74, 6) is 1.88. The molecule has 2 heterocycles. The van der Waals surface area contributed by atoms with Gasteiger partial charge in [0.05, 0.1) is 12.1 Å². The molecule has 0 aliphatic carbocycles. The second kappa shape index (κ2) is 11.6. The Morgan fingerprint density at radius 2 is 2.33 bits per heavy atom. The Hall–Kier alpha value is -0.900. The van der Waals surface area contributed by atoms with E-state index in [1.165, 1.54) is 0 Å². The first-order valence-electron chi connectivity index (χ1n) is 8.77. The van der Waals surface area contributed by atoms with Gasteiger partial charge in [0.25, 0.3) is 0 Å². The highest BCUT2D eigenvalue weighted by atomic mass is 127. The molecule has 0 aromatic carbocycles. The number of hydrogen-bond acceptors (Lipinski definition) is 4. The van der Waals surface area contributed by atoms with Crippen molar-refractivity contribution in [3.05, 3.63) is 12.2 Å². The lowest BCUT2D eigenvalue weighted by atomic mass is 10.1.